The van der Waals surface area contributed by atoms with Gasteiger partial charge in [-0.2, -0.15) is 0 Å². The first-order valence-electron chi connectivity index (χ1n) is 13.5. The summed E-state index contributed by atoms with van der Waals surface area (Å²) in [5, 5.41) is 3.57. The van der Waals surface area contributed by atoms with Gasteiger partial charge >= 0.3 is 0 Å². The van der Waals surface area contributed by atoms with Crippen LogP contribution in [0.15, 0.2) is 72.8 Å². The van der Waals surface area contributed by atoms with Crippen LogP contribution in [-0.4, -0.2) is 55.8 Å². The summed E-state index contributed by atoms with van der Waals surface area (Å²) in [6.07, 6.45) is 1.81. The van der Waals surface area contributed by atoms with Crippen molar-refractivity contribution in [1.29, 1.82) is 0 Å². The number of benzene rings is 3. The Kier molecular flexibility index (Phi) is 11.6. The van der Waals surface area contributed by atoms with E-state index in [0.717, 1.165) is 16.1 Å². The van der Waals surface area contributed by atoms with Crippen molar-refractivity contribution >= 4 is 56.5 Å². The fourth-order valence-corrected chi connectivity index (χ4v) is 5.70. The number of rotatable bonds is 13. The number of anilines is 1. The lowest BCUT2D eigenvalue weighted by molar-refractivity contribution is -0.140. The zero-order chi connectivity index (χ0) is 31.0. The Hall–Kier alpha value is -3.40. The van der Waals surface area contributed by atoms with Crippen LogP contribution < -0.4 is 9.62 Å². The summed E-state index contributed by atoms with van der Waals surface area (Å²) in [4.78, 5) is 41.3. The van der Waals surface area contributed by atoms with E-state index in [0.29, 0.717) is 27.6 Å². The molecule has 224 valence electrons. The molecule has 0 fully saturated rings. The van der Waals surface area contributed by atoms with Crippen LogP contribution >= 0.6 is 23.2 Å². The fourth-order valence-electron chi connectivity index (χ4n) is 4.34. The third kappa shape index (κ3) is 8.80. The van der Waals surface area contributed by atoms with Crippen LogP contribution in [0, 0.1) is 0 Å². The van der Waals surface area contributed by atoms with Crippen molar-refractivity contribution in [2.24, 2.45) is 0 Å². The standard InChI is InChI=1S/C31H35Cl2N3O5S/c1-5-21(2)34-31(39)29(17-23-11-7-6-8-12-23)35(19-26-27(32)15-10-16-28(26)33)30(38)20-36(42(4,40)41)25-14-9-13-24(18-25)22(3)37/h6-16,18,21,29H,5,17,19-20H2,1-4H3,(H,34,39)/t21-,29-/m0/s1. The molecule has 3 aromatic rings. The maximum Gasteiger partial charge on any atom is 0.244 e. The number of nitrogens with one attached hydrogen (secondary N) is 1. The van der Waals surface area contributed by atoms with E-state index >= 15 is 0 Å². The third-order valence-corrected chi connectivity index (χ3v) is 8.73. The van der Waals surface area contributed by atoms with Gasteiger partial charge in [0.1, 0.15) is 12.6 Å². The Labute approximate surface area is 257 Å². The van der Waals surface area contributed by atoms with E-state index in [-0.39, 0.29) is 30.5 Å². The lowest BCUT2D eigenvalue weighted by atomic mass is 10.0. The van der Waals surface area contributed by atoms with Crippen LogP contribution in [0.5, 0.6) is 0 Å². The molecular formula is C31H35Cl2N3O5S. The van der Waals surface area contributed by atoms with Gasteiger partial charge in [0, 0.05) is 40.2 Å². The monoisotopic (exact) mass is 631 g/mol. The van der Waals surface area contributed by atoms with Crippen LogP contribution in [0.2, 0.25) is 10.0 Å². The Morgan fingerprint density at radius 3 is 2.12 bits per heavy atom. The second-order valence-electron chi connectivity index (χ2n) is 10.1. The number of halogens is 2. The largest absolute Gasteiger partial charge is 0.352 e. The van der Waals surface area contributed by atoms with Crippen molar-refractivity contribution < 1.29 is 22.8 Å². The second kappa shape index (κ2) is 14.7. The van der Waals surface area contributed by atoms with Gasteiger partial charge in [0.2, 0.25) is 21.8 Å². The molecule has 42 heavy (non-hydrogen) atoms. The zero-order valence-corrected chi connectivity index (χ0v) is 26.3. The van der Waals surface area contributed by atoms with Crippen molar-refractivity contribution in [1.82, 2.24) is 10.2 Å². The first-order valence-corrected chi connectivity index (χ1v) is 16.1. The van der Waals surface area contributed by atoms with Gasteiger partial charge in [-0.25, -0.2) is 8.42 Å². The highest BCUT2D eigenvalue weighted by Crippen LogP contribution is 2.28. The van der Waals surface area contributed by atoms with E-state index in [1.165, 1.54) is 24.0 Å². The minimum atomic E-state index is -3.98. The lowest BCUT2D eigenvalue weighted by Crippen LogP contribution is -2.54. The summed E-state index contributed by atoms with van der Waals surface area (Å²) >= 11 is 13.0. The molecule has 2 atom stereocenters. The lowest BCUT2D eigenvalue weighted by Gasteiger charge is -2.34. The second-order valence-corrected chi connectivity index (χ2v) is 12.8. The molecule has 3 rings (SSSR count). The molecule has 0 aliphatic carbocycles. The highest BCUT2D eigenvalue weighted by Gasteiger charge is 2.34. The number of carbonyl (C=O) groups is 3. The first-order chi connectivity index (χ1) is 19.8. The molecule has 0 aliphatic rings. The Morgan fingerprint density at radius 2 is 1.55 bits per heavy atom. The van der Waals surface area contributed by atoms with Gasteiger partial charge in [-0.15, -0.1) is 0 Å². The summed E-state index contributed by atoms with van der Waals surface area (Å²) in [6, 6.07) is 19.0. The molecule has 0 radical (unpaired) electrons. The minimum Gasteiger partial charge on any atom is -0.352 e. The highest BCUT2D eigenvalue weighted by atomic mass is 35.5. The molecule has 0 spiro atoms. The van der Waals surface area contributed by atoms with Crippen molar-refractivity contribution in [2.45, 2.75) is 52.2 Å². The minimum absolute atomic E-state index is 0.145. The molecule has 0 aromatic heterocycles. The van der Waals surface area contributed by atoms with Crippen molar-refractivity contribution in [3.8, 4) is 0 Å². The van der Waals surface area contributed by atoms with Crippen LogP contribution in [0.4, 0.5) is 5.69 Å². The van der Waals surface area contributed by atoms with Crippen molar-refractivity contribution in [2.75, 3.05) is 17.1 Å². The highest BCUT2D eigenvalue weighted by molar-refractivity contribution is 7.92. The number of nitrogens with zero attached hydrogens (tertiary/aromatic N) is 2. The Bertz CT molecular complexity index is 1510. The van der Waals surface area contributed by atoms with Gasteiger partial charge in [-0.05, 0) is 50.1 Å². The molecule has 2 amide bonds. The van der Waals surface area contributed by atoms with Crippen LogP contribution in [-0.2, 0) is 32.6 Å². The molecule has 0 unspecified atom stereocenters. The quantitative estimate of drug-likeness (QED) is 0.250. The topological polar surface area (TPSA) is 104 Å². The zero-order valence-electron chi connectivity index (χ0n) is 24.0. The molecule has 0 heterocycles. The molecule has 0 saturated carbocycles. The van der Waals surface area contributed by atoms with Gasteiger partial charge in [-0.3, -0.25) is 18.7 Å². The summed E-state index contributed by atoms with van der Waals surface area (Å²) in [7, 11) is -3.98. The third-order valence-electron chi connectivity index (χ3n) is 6.88. The summed E-state index contributed by atoms with van der Waals surface area (Å²) in [5.74, 6) is -1.30. The molecule has 0 aliphatic heterocycles. The molecule has 0 bridgehead atoms. The number of carbonyl (C=O) groups excluding carboxylic acids is 3. The number of amides is 2. The van der Waals surface area contributed by atoms with Crippen LogP contribution in [0.25, 0.3) is 0 Å². The number of sulfonamides is 1. The molecular weight excluding hydrogens is 597 g/mol. The predicted molar refractivity (Wildman–Crippen MR) is 167 cm³/mol. The maximum atomic E-state index is 14.2. The predicted octanol–water partition coefficient (Wildman–Crippen LogP) is 5.52. The Balaban J connectivity index is 2.12. The number of ketones is 1. The van der Waals surface area contributed by atoms with E-state index in [4.69, 9.17) is 23.2 Å². The first kappa shape index (κ1) is 33.1. The Morgan fingerprint density at radius 1 is 0.929 bits per heavy atom. The van der Waals surface area contributed by atoms with E-state index in [1.807, 2.05) is 44.2 Å². The maximum absolute atomic E-state index is 14.2. The smallest absolute Gasteiger partial charge is 0.244 e. The van der Waals surface area contributed by atoms with Crippen molar-refractivity contribution in [3.05, 3.63) is 99.5 Å². The number of hydrogen-bond donors (Lipinski definition) is 1. The molecule has 8 nitrogen and oxygen atoms in total. The summed E-state index contributed by atoms with van der Waals surface area (Å²) in [6.45, 7) is 4.40. The molecule has 0 saturated heterocycles. The van der Waals surface area contributed by atoms with E-state index in [2.05, 4.69) is 5.32 Å². The van der Waals surface area contributed by atoms with Gasteiger partial charge < -0.3 is 10.2 Å². The summed E-state index contributed by atoms with van der Waals surface area (Å²) in [5.41, 5.74) is 1.67. The number of Topliss-reactive ketones (excluding diaryl/α,β-unsaturated/α-hetero) is 1. The fraction of sp³-hybridized carbons (Fsp3) is 0.323. The molecule has 3 aromatic carbocycles. The summed E-state index contributed by atoms with van der Waals surface area (Å²) < 4.78 is 26.9. The van der Waals surface area contributed by atoms with Gasteiger partial charge in [-0.1, -0.05) is 78.7 Å². The van der Waals surface area contributed by atoms with Gasteiger partial charge in [0.05, 0.1) is 11.9 Å². The average molecular weight is 633 g/mol. The van der Waals surface area contributed by atoms with Crippen LogP contribution in [0.3, 0.4) is 0 Å². The normalized spacial score (nSPS) is 12.7. The van der Waals surface area contributed by atoms with Crippen molar-refractivity contribution in [3.63, 3.8) is 0 Å². The average Bonchev–Trinajstić information content (AvgIpc) is 2.94. The SMILES string of the molecule is CC[C@H](C)NC(=O)[C@H](Cc1ccccc1)N(Cc1c(Cl)cccc1Cl)C(=O)CN(c1cccc(C(C)=O)c1)S(C)(=O)=O. The van der Waals surface area contributed by atoms with Gasteiger partial charge in [0.25, 0.3) is 0 Å². The van der Waals surface area contributed by atoms with Crippen LogP contribution in [0.1, 0.15) is 48.7 Å². The molecule has 11 heteroatoms. The van der Waals surface area contributed by atoms with Gasteiger partial charge in [0.15, 0.2) is 5.78 Å². The molecule has 1 N–H and O–H groups in total. The van der Waals surface area contributed by atoms with E-state index < -0.39 is 34.4 Å². The van der Waals surface area contributed by atoms with E-state index in [1.54, 1.807) is 30.3 Å². The van der Waals surface area contributed by atoms with E-state index in [9.17, 15) is 22.8 Å². The number of hydrogen-bond acceptors (Lipinski definition) is 5.